The summed E-state index contributed by atoms with van der Waals surface area (Å²) in [7, 11) is 0. The molecule has 0 aliphatic carbocycles. The number of nitrogens with one attached hydrogen (secondary N) is 1. The van der Waals surface area contributed by atoms with E-state index in [4.69, 9.17) is 11.6 Å². The van der Waals surface area contributed by atoms with Gasteiger partial charge in [-0.3, -0.25) is 0 Å². The van der Waals surface area contributed by atoms with Gasteiger partial charge in [-0.15, -0.1) is 0 Å². The highest BCUT2D eigenvalue weighted by Gasteiger charge is 2.19. The lowest BCUT2D eigenvalue weighted by molar-refractivity contribution is 0.229. The summed E-state index contributed by atoms with van der Waals surface area (Å²) in [6.45, 7) is 7.84. The van der Waals surface area contributed by atoms with Crippen LogP contribution in [0.4, 0.5) is 5.82 Å². The van der Waals surface area contributed by atoms with Crippen molar-refractivity contribution >= 4 is 17.4 Å². The Balaban J connectivity index is 2.01. The normalized spacial score (nSPS) is 17.6. The Morgan fingerprint density at radius 1 is 1.32 bits per heavy atom. The molecule has 0 amide bonds. The van der Waals surface area contributed by atoms with Gasteiger partial charge < -0.3 is 10.2 Å². The van der Waals surface area contributed by atoms with Gasteiger partial charge in [0.2, 0.25) is 0 Å². The first-order valence-corrected chi connectivity index (χ1v) is 7.60. The molecule has 0 radical (unpaired) electrons. The molecule has 0 aromatic carbocycles. The second kappa shape index (κ2) is 7.06. The molecular weight excluding hydrogens is 260 g/mol. The van der Waals surface area contributed by atoms with Crippen LogP contribution in [0.25, 0.3) is 0 Å². The first-order chi connectivity index (χ1) is 9.24. The maximum atomic E-state index is 6.17. The van der Waals surface area contributed by atoms with Crippen molar-refractivity contribution in [3.05, 3.63) is 17.0 Å². The van der Waals surface area contributed by atoms with Crippen LogP contribution in [0.15, 0.2) is 6.33 Å². The van der Waals surface area contributed by atoms with Crippen molar-refractivity contribution < 1.29 is 0 Å². The van der Waals surface area contributed by atoms with Gasteiger partial charge in [0, 0.05) is 24.7 Å². The van der Waals surface area contributed by atoms with Gasteiger partial charge in [-0.2, -0.15) is 0 Å². The molecule has 1 aliphatic heterocycles. The van der Waals surface area contributed by atoms with Crippen LogP contribution in [-0.4, -0.2) is 40.5 Å². The molecule has 0 spiro atoms. The highest BCUT2D eigenvalue weighted by atomic mass is 35.5. The third-order valence-corrected chi connectivity index (χ3v) is 4.09. The van der Waals surface area contributed by atoms with Gasteiger partial charge in [0.1, 0.15) is 17.3 Å². The number of aromatic nitrogens is 2. The first-order valence-electron chi connectivity index (χ1n) is 7.22. The van der Waals surface area contributed by atoms with Crippen LogP contribution in [0.3, 0.4) is 0 Å². The molecule has 1 aromatic heterocycles. The van der Waals surface area contributed by atoms with Crippen molar-refractivity contribution in [3.8, 4) is 0 Å². The Kier molecular flexibility index (Phi) is 5.40. The fourth-order valence-corrected chi connectivity index (χ4v) is 2.80. The van der Waals surface area contributed by atoms with E-state index >= 15 is 0 Å². The van der Waals surface area contributed by atoms with Gasteiger partial charge in [-0.05, 0) is 25.8 Å². The molecule has 0 bridgehead atoms. The van der Waals surface area contributed by atoms with Crippen molar-refractivity contribution in [2.75, 3.05) is 25.0 Å². The minimum absolute atomic E-state index is 0.504. The second-order valence-electron chi connectivity index (χ2n) is 5.09. The van der Waals surface area contributed by atoms with Crippen LogP contribution in [0.2, 0.25) is 5.15 Å². The van der Waals surface area contributed by atoms with Crippen LogP contribution in [-0.2, 0) is 6.42 Å². The quantitative estimate of drug-likeness (QED) is 0.843. The monoisotopic (exact) mass is 282 g/mol. The molecule has 5 heteroatoms. The summed E-state index contributed by atoms with van der Waals surface area (Å²) in [6.07, 6.45) is 5.86. The molecule has 2 rings (SSSR count). The Bertz CT molecular complexity index is 402. The van der Waals surface area contributed by atoms with E-state index in [9.17, 15) is 0 Å². The van der Waals surface area contributed by atoms with Crippen LogP contribution >= 0.6 is 11.6 Å². The first kappa shape index (κ1) is 14.5. The lowest BCUT2D eigenvalue weighted by Gasteiger charge is -2.32. The standard InChI is InChI=1S/C14H23ClN4/c1-3-5-12-13(15)16-10-17-14(12)18-11-6-8-19(4-2)9-7-11/h10-11H,3-9H2,1-2H3,(H,16,17,18). The predicted molar refractivity (Wildman–Crippen MR) is 79.8 cm³/mol. The zero-order valence-electron chi connectivity index (χ0n) is 11.8. The SMILES string of the molecule is CCCc1c(Cl)ncnc1NC1CCN(CC)CC1. The predicted octanol–water partition coefficient (Wildman–Crippen LogP) is 2.98. The zero-order valence-corrected chi connectivity index (χ0v) is 12.6. The van der Waals surface area contributed by atoms with E-state index in [1.807, 2.05) is 0 Å². The van der Waals surface area contributed by atoms with Gasteiger partial charge in [0.15, 0.2) is 0 Å². The summed E-state index contributed by atoms with van der Waals surface area (Å²) >= 11 is 6.17. The summed E-state index contributed by atoms with van der Waals surface area (Å²) in [5.74, 6) is 0.928. The highest BCUT2D eigenvalue weighted by Crippen LogP contribution is 2.24. The summed E-state index contributed by atoms with van der Waals surface area (Å²) in [6, 6.07) is 0.504. The van der Waals surface area contributed by atoms with Crippen LogP contribution in [0.5, 0.6) is 0 Å². The Morgan fingerprint density at radius 2 is 2.05 bits per heavy atom. The van der Waals surface area contributed by atoms with Gasteiger partial charge in [-0.25, -0.2) is 9.97 Å². The van der Waals surface area contributed by atoms with E-state index in [0.29, 0.717) is 11.2 Å². The minimum atomic E-state index is 0.504. The van der Waals surface area contributed by atoms with Crippen molar-refractivity contribution in [1.29, 1.82) is 0 Å². The van der Waals surface area contributed by atoms with E-state index in [1.165, 1.54) is 12.8 Å². The summed E-state index contributed by atoms with van der Waals surface area (Å²) < 4.78 is 0. The number of likely N-dealkylation sites (tertiary alicyclic amines) is 1. The van der Waals surface area contributed by atoms with E-state index in [2.05, 4.69) is 34.0 Å². The maximum Gasteiger partial charge on any atom is 0.137 e. The Morgan fingerprint density at radius 3 is 2.68 bits per heavy atom. The van der Waals surface area contributed by atoms with Crippen molar-refractivity contribution in [2.45, 2.75) is 45.6 Å². The summed E-state index contributed by atoms with van der Waals surface area (Å²) in [4.78, 5) is 10.9. The number of piperidine rings is 1. The number of rotatable bonds is 5. The number of nitrogens with zero attached hydrogens (tertiary/aromatic N) is 3. The molecule has 106 valence electrons. The van der Waals surface area contributed by atoms with Crippen molar-refractivity contribution in [2.24, 2.45) is 0 Å². The average Bonchev–Trinajstić information content (AvgIpc) is 2.43. The molecule has 2 heterocycles. The minimum Gasteiger partial charge on any atom is -0.367 e. The summed E-state index contributed by atoms with van der Waals surface area (Å²) in [5, 5.41) is 4.15. The number of anilines is 1. The van der Waals surface area contributed by atoms with Crippen molar-refractivity contribution in [3.63, 3.8) is 0 Å². The molecule has 4 nitrogen and oxygen atoms in total. The number of halogens is 1. The van der Waals surface area contributed by atoms with Gasteiger partial charge in [0.05, 0.1) is 0 Å². The van der Waals surface area contributed by atoms with Crippen LogP contribution in [0, 0.1) is 0 Å². The van der Waals surface area contributed by atoms with Crippen LogP contribution < -0.4 is 5.32 Å². The molecule has 1 aromatic rings. The molecule has 1 N–H and O–H groups in total. The topological polar surface area (TPSA) is 41.1 Å². The average molecular weight is 283 g/mol. The Labute approximate surface area is 120 Å². The third-order valence-electron chi connectivity index (χ3n) is 3.77. The fourth-order valence-electron chi connectivity index (χ4n) is 2.57. The van der Waals surface area contributed by atoms with Gasteiger partial charge >= 0.3 is 0 Å². The molecule has 0 atom stereocenters. The summed E-state index contributed by atoms with van der Waals surface area (Å²) in [5.41, 5.74) is 1.06. The molecule has 1 aliphatic rings. The van der Waals surface area contributed by atoms with E-state index < -0.39 is 0 Å². The van der Waals surface area contributed by atoms with Crippen LogP contribution in [0.1, 0.15) is 38.7 Å². The molecule has 0 saturated carbocycles. The molecule has 1 saturated heterocycles. The highest BCUT2D eigenvalue weighted by molar-refractivity contribution is 6.30. The van der Waals surface area contributed by atoms with E-state index in [1.54, 1.807) is 6.33 Å². The fraction of sp³-hybridized carbons (Fsp3) is 0.714. The van der Waals surface area contributed by atoms with E-state index in [0.717, 1.165) is 43.9 Å². The third kappa shape index (κ3) is 3.80. The lowest BCUT2D eigenvalue weighted by atomic mass is 10.0. The number of hydrogen-bond donors (Lipinski definition) is 1. The number of hydrogen-bond acceptors (Lipinski definition) is 4. The van der Waals surface area contributed by atoms with Gasteiger partial charge in [0.25, 0.3) is 0 Å². The Hall–Kier alpha value is -0.870. The van der Waals surface area contributed by atoms with E-state index in [-0.39, 0.29) is 0 Å². The molecule has 0 unspecified atom stereocenters. The molecule has 1 fully saturated rings. The zero-order chi connectivity index (χ0) is 13.7. The largest absolute Gasteiger partial charge is 0.367 e. The smallest absolute Gasteiger partial charge is 0.137 e. The van der Waals surface area contributed by atoms with Gasteiger partial charge in [-0.1, -0.05) is 31.9 Å². The molecular formula is C14H23ClN4. The molecule has 19 heavy (non-hydrogen) atoms. The second-order valence-corrected chi connectivity index (χ2v) is 5.45. The lowest BCUT2D eigenvalue weighted by Crippen LogP contribution is -2.39. The maximum absolute atomic E-state index is 6.17. The van der Waals surface area contributed by atoms with Crippen molar-refractivity contribution in [1.82, 2.24) is 14.9 Å².